The van der Waals surface area contributed by atoms with Gasteiger partial charge >= 0.3 is 0 Å². The van der Waals surface area contributed by atoms with Gasteiger partial charge in [-0.05, 0) is 25.1 Å². The lowest BCUT2D eigenvalue weighted by molar-refractivity contribution is 0.463. The summed E-state index contributed by atoms with van der Waals surface area (Å²) < 4.78 is 44.2. The van der Waals surface area contributed by atoms with E-state index in [1.807, 2.05) is 0 Å². The normalized spacial score (nSPS) is 11.7. The highest BCUT2D eigenvalue weighted by Gasteiger charge is 2.16. The number of benzene rings is 1. The maximum absolute atomic E-state index is 13.0. The Morgan fingerprint density at radius 2 is 2.21 bits per heavy atom. The SMILES string of the molecule is Cc1cnc(CNS(=O)(=O)c2ccc(F)c(N)c2)o1. The molecule has 3 N–H and O–H groups in total. The van der Waals surface area contributed by atoms with Crippen molar-refractivity contribution in [2.45, 2.75) is 18.4 Å². The molecule has 0 aliphatic rings. The molecule has 0 fully saturated rings. The number of anilines is 1. The summed E-state index contributed by atoms with van der Waals surface area (Å²) in [6, 6.07) is 3.19. The molecule has 0 aliphatic heterocycles. The van der Waals surface area contributed by atoms with Crippen LogP contribution in [0.3, 0.4) is 0 Å². The number of nitrogens with zero attached hydrogens (tertiary/aromatic N) is 1. The van der Waals surface area contributed by atoms with E-state index in [-0.39, 0.29) is 23.0 Å². The average Bonchev–Trinajstić information content (AvgIpc) is 2.76. The van der Waals surface area contributed by atoms with Crippen LogP contribution in [0.25, 0.3) is 0 Å². The first kappa shape index (κ1) is 13.5. The standard InChI is InChI=1S/C11H12FN3O3S/c1-7-5-14-11(18-7)6-15-19(16,17)8-2-3-9(12)10(13)4-8/h2-5,15H,6,13H2,1H3. The molecule has 0 atom stereocenters. The zero-order valence-corrected chi connectivity index (χ0v) is 10.9. The zero-order chi connectivity index (χ0) is 14.0. The average molecular weight is 285 g/mol. The molecular formula is C11H12FN3O3S. The van der Waals surface area contributed by atoms with Gasteiger partial charge in [-0.25, -0.2) is 22.5 Å². The smallest absolute Gasteiger partial charge is 0.241 e. The maximum Gasteiger partial charge on any atom is 0.241 e. The minimum atomic E-state index is -3.79. The molecule has 2 aromatic rings. The minimum absolute atomic E-state index is 0.0898. The summed E-state index contributed by atoms with van der Waals surface area (Å²) >= 11 is 0. The molecule has 0 aliphatic carbocycles. The van der Waals surface area contributed by atoms with Crippen molar-refractivity contribution in [3.8, 4) is 0 Å². The molecule has 2 rings (SSSR count). The fourth-order valence-electron chi connectivity index (χ4n) is 1.41. The molecule has 6 nitrogen and oxygen atoms in total. The third-order valence-electron chi connectivity index (χ3n) is 2.36. The van der Waals surface area contributed by atoms with Crippen LogP contribution in [-0.4, -0.2) is 13.4 Å². The Kier molecular flexibility index (Phi) is 3.54. The highest BCUT2D eigenvalue weighted by atomic mass is 32.2. The molecule has 102 valence electrons. The molecule has 0 amide bonds. The van der Waals surface area contributed by atoms with E-state index in [0.29, 0.717) is 5.76 Å². The first-order valence-corrected chi connectivity index (χ1v) is 6.83. The lowest BCUT2D eigenvalue weighted by atomic mass is 10.3. The number of nitrogen functional groups attached to an aromatic ring is 1. The number of halogens is 1. The number of oxazole rings is 1. The van der Waals surface area contributed by atoms with Crippen LogP contribution in [0.1, 0.15) is 11.7 Å². The summed E-state index contributed by atoms with van der Waals surface area (Å²) in [5, 5.41) is 0. The summed E-state index contributed by atoms with van der Waals surface area (Å²) in [6.45, 7) is 1.61. The first-order chi connectivity index (χ1) is 8.88. The van der Waals surface area contributed by atoms with Crippen molar-refractivity contribution >= 4 is 15.7 Å². The first-order valence-electron chi connectivity index (χ1n) is 5.34. The monoisotopic (exact) mass is 285 g/mol. The molecule has 0 saturated heterocycles. The van der Waals surface area contributed by atoms with Crippen LogP contribution in [0.4, 0.5) is 10.1 Å². The van der Waals surface area contributed by atoms with Crippen molar-refractivity contribution in [2.24, 2.45) is 0 Å². The van der Waals surface area contributed by atoms with Gasteiger partial charge in [0, 0.05) is 0 Å². The number of aryl methyl sites for hydroxylation is 1. The quantitative estimate of drug-likeness (QED) is 0.822. The van der Waals surface area contributed by atoms with Crippen molar-refractivity contribution in [1.82, 2.24) is 9.71 Å². The number of rotatable bonds is 4. The molecule has 19 heavy (non-hydrogen) atoms. The lowest BCUT2D eigenvalue weighted by Gasteiger charge is -2.06. The van der Waals surface area contributed by atoms with Gasteiger partial charge in [0.1, 0.15) is 11.6 Å². The molecule has 8 heteroatoms. The summed E-state index contributed by atoms with van der Waals surface area (Å²) in [5.74, 6) is 0.165. The van der Waals surface area contributed by atoms with Crippen molar-refractivity contribution in [3.05, 3.63) is 41.9 Å². The molecule has 0 spiro atoms. The Balaban J connectivity index is 2.16. The Morgan fingerprint density at radius 1 is 1.47 bits per heavy atom. The number of hydrogen-bond donors (Lipinski definition) is 2. The minimum Gasteiger partial charge on any atom is -0.445 e. The van der Waals surface area contributed by atoms with Gasteiger partial charge in [-0.1, -0.05) is 0 Å². The van der Waals surface area contributed by atoms with Crippen LogP contribution in [0.5, 0.6) is 0 Å². The van der Waals surface area contributed by atoms with E-state index in [1.54, 1.807) is 6.92 Å². The molecule has 0 unspecified atom stereocenters. The Bertz CT molecular complexity index is 697. The summed E-state index contributed by atoms with van der Waals surface area (Å²) in [5.41, 5.74) is 5.10. The maximum atomic E-state index is 13.0. The van der Waals surface area contributed by atoms with E-state index in [0.717, 1.165) is 18.2 Å². The number of sulfonamides is 1. The molecule has 1 aromatic carbocycles. The third-order valence-corrected chi connectivity index (χ3v) is 3.76. The molecule has 0 bridgehead atoms. The van der Waals surface area contributed by atoms with E-state index in [2.05, 4.69) is 9.71 Å². The van der Waals surface area contributed by atoms with Gasteiger partial charge < -0.3 is 10.2 Å². The van der Waals surface area contributed by atoms with Crippen LogP contribution < -0.4 is 10.5 Å². The number of nitrogens with two attached hydrogens (primary N) is 1. The van der Waals surface area contributed by atoms with Crippen molar-refractivity contribution in [1.29, 1.82) is 0 Å². The van der Waals surface area contributed by atoms with E-state index in [1.165, 1.54) is 6.20 Å². The van der Waals surface area contributed by atoms with Crippen LogP contribution >= 0.6 is 0 Å². The highest BCUT2D eigenvalue weighted by Crippen LogP contribution is 2.16. The number of nitrogens with one attached hydrogen (secondary N) is 1. The van der Waals surface area contributed by atoms with Gasteiger partial charge in [0.15, 0.2) is 0 Å². The van der Waals surface area contributed by atoms with Crippen LogP contribution in [0.2, 0.25) is 0 Å². The topological polar surface area (TPSA) is 98.2 Å². The molecule has 0 radical (unpaired) electrons. The summed E-state index contributed by atoms with van der Waals surface area (Å²) in [4.78, 5) is 3.75. The van der Waals surface area contributed by atoms with Crippen LogP contribution in [0, 0.1) is 12.7 Å². The molecule has 1 aromatic heterocycles. The Hall–Kier alpha value is -1.93. The lowest BCUT2D eigenvalue weighted by Crippen LogP contribution is -2.23. The molecule has 0 saturated carbocycles. The van der Waals surface area contributed by atoms with Gasteiger partial charge in [-0.3, -0.25) is 0 Å². The molecule has 1 heterocycles. The fourth-order valence-corrected chi connectivity index (χ4v) is 2.42. The summed E-state index contributed by atoms with van der Waals surface area (Å²) in [7, 11) is -3.79. The second-order valence-electron chi connectivity index (χ2n) is 3.87. The predicted molar refractivity (Wildman–Crippen MR) is 66.1 cm³/mol. The van der Waals surface area contributed by atoms with Crippen LogP contribution in [-0.2, 0) is 16.6 Å². The van der Waals surface area contributed by atoms with Gasteiger partial charge in [0.25, 0.3) is 0 Å². The number of hydrogen-bond acceptors (Lipinski definition) is 5. The van der Waals surface area contributed by atoms with Gasteiger partial charge in [0.2, 0.25) is 15.9 Å². The van der Waals surface area contributed by atoms with Gasteiger partial charge in [-0.15, -0.1) is 0 Å². The van der Waals surface area contributed by atoms with Crippen LogP contribution in [0.15, 0.2) is 33.7 Å². The highest BCUT2D eigenvalue weighted by molar-refractivity contribution is 7.89. The van der Waals surface area contributed by atoms with E-state index < -0.39 is 15.8 Å². The second-order valence-corrected chi connectivity index (χ2v) is 5.64. The third kappa shape index (κ3) is 3.09. The Morgan fingerprint density at radius 3 is 2.79 bits per heavy atom. The van der Waals surface area contributed by atoms with E-state index in [4.69, 9.17) is 10.2 Å². The van der Waals surface area contributed by atoms with Gasteiger partial charge in [0.05, 0.1) is 23.3 Å². The second kappa shape index (κ2) is 4.98. The van der Waals surface area contributed by atoms with E-state index in [9.17, 15) is 12.8 Å². The predicted octanol–water partition coefficient (Wildman–Crippen LogP) is 1.18. The number of aromatic nitrogens is 1. The summed E-state index contributed by atoms with van der Waals surface area (Å²) in [6.07, 6.45) is 1.49. The fraction of sp³-hybridized carbons (Fsp3) is 0.182. The van der Waals surface area contributed by atoms with Crippen molar-refractivity contribution < 1.29 is 17.2 Å². The Labute approximate surface area is 109 Å². The largest absolute Gasteiger partial charge is 0.445 e. The zero-order valence-electron chi connectivity index (χ0n) is 10.1. The molecular weight excluding hydrogens is 273 g/mol. The van der Waals surface area contributed by atoms with Gasteiger partial charge in [-0.2, -0.15) is 0 Å². The van der Waals surface area contributed by atoms with Crippen molar-refractivity contribution in [3.63, 3.8) is 0 Å². The van der Waals surface area contributed by atoms with E-state index >= 15 is 0 Å². The van der Waals surface area contributed by atoms with Crippen molar-refractivity contribution in [2.75, 3.05) is 5.73 Å².